The van der Waals surface area contributed by atoms with Crippen LogP contribution in [0.4, 0.5) is 4.39 Å². The SMILES string of the molecule is COc1cccc(COc2ccc(C(C)O)cc2)c1F. The standard InChI is InChI=1S/C16H17FO3/c1-11(18)12-6-8-14(9-7-12)20-10-13-4-3-5-15(19-2)16(13)17/h3-9,11,18H,10H2,1-2H3. The summed E-state index contributed by atoms with van der Waals surface area (Å²) in [6.45, 7) is 1.82. The molecule has 0 heterocycles. The first-order valence-electron chi connectivity index (χ1n) is 6.34. The molecule has 0 saturated carbocycles. The summed E-state index contributed by atoms with van der Waals surface area (Å²) in [7, 11) is 1.43. The van der Waals surface area contributed by atoms with Crippen molar-refractivity contribution in [1.29, 1.82) is 0 Å². The summed E-state index contributed by atoms with van der Waals surface area (Å²) in [5.41, 5.74) is 1.24. The van der Waals surface area contributed by atoms with E-state index < -0.39 is 11.9 Å². The lowest BCUT2D eigenvalue weighted by atomic mass is 10.1. The van der Waals surface area contributed by atoms with Crippen molar-refractivity contribution in [1.82, 2.24) is 0 Å². The van der Waals surface area contributed by atoms with E-state index in [0.29, 0.717) is 11.3 Å². The summed E-state index contributed by atoms with van der Waals surface area (Å²) in [6.07, 6.45) is -0.514. The molecule has 2 aromatic rings. The third-order valence-electron chi connectivity index (χ3n) is 3.02. The van der Waals surface area contributed by atoms with Gasteiger partial charge in [0.05, 0.1) is 13.2 Å². The van der Waals surface area contributed by atoms with E-state index in [1.54, 1.807) is 49.4 Å². The number of hydrogen-bond acceptors (Lipinski definition) is 3. The molecule has 20 heavy (non-hydrogen) atoms. The molecule has 106 valence electrons. The number of ether oxygens (including phenoxy) is 2. The predicted molar refractivity (Wildman–Crippen MR) is 74.4 cm³/mol. The van der Waals surface area contributed by atoms with E-state index in [1.165, 1.54) is 7.11 Å². The van der Waals surface area contributed by atoms with Gasteiger partial charge in [-0.1, -0.05) is 24.3 Å². The Morgan fingerprint density at radius 3 is 2.45 bits per heavy atom. The van der Waals surface area contributed by atoms with Crippen LogP contribution in [-0.4, -0.2) is 12.2 Å². The summed E-state index contributed by atoms with van der Waals surface area (Å²) >= 11 is 0. The Labute approximate surface area is 117 Å². The van der Waals surface area contributed by atoms with Crippen LogP contribution in [0.3, 0.4) is 0 Å². The van der Waals surface area contributed by atoms with Crippen LogP contribution in [0.15, 0.2) is 42.5 Å². The summed E-state index contributed by atoms with van der Waals surface area (Å²) in [4.78, 5) is 0. The van der Waals surface area contributed by atoms with Crippen molar-refractivity contribution in [3.63, 3.8) is 0 Å². The first kappa shape index (κ1) is 14.3. The normalized spacial score (nSPS) is 12.0. The van der Waals surface area contributed by atoms with Crippen LogP contribution in [0, 0.1) is 5.82 Å². The molecule has 0 aliphatic heterocycles. The first-order chi connectivity index (χ1) is 9.61. The lowest BCUT2D eigenvalue weighted by Crippen LogP contribution is -2.00. The minimum Gasteiger partial charge on any atom is -0.494 e. The third kappa shape index (κ3) is 3.27. The second kappa shape index (κ2) is 6.39. The molecule has 0 amide bonds. The third-order valence-corrected chi connectivity index (χ3v) is 3.02. The van der Waals surface area contributed by atoms with Gasteiger partial charge in [0.1, 0.15) is 12.4 Å². The van der Waals surface area contributed by atoms with Crippen LogP contribution < -0.4 is 9.47 Å². The Hall–Kier alpha value is -2.07. The van der Waals surface area contributed by atoms with E-state index in [1.807, 2.05) is 0 Å². The Kier molecular flexibility index (Phi) is 4.58. The van der Waals surface area contributed by atoms with Crippen molar-refractivity contribution < 1.29 is 19.0 Å². The molecular formula is C16H17FO3. The van der Waals surface area contributed by atoms with Gasteiger partial charge in [-0.25, -0.2) is 4.39 Å². The van der Waals surface area contributed by atoms with Gasteiger partial charge in [-0.05, 0) is 30.7 Å². The number of aliphatic hydroxyl groups is 1. The van der Waals surface area contributed by atoms with Crippen LogP contribution in [-0.2, 0) is 6.61 Å². The molecule has 1 atom stereocenters. The average Bonchev–Trinajstić information content (AvgIpc) is 2.46. The predicted octanol–water partition coefficient (Wildman–Crippen LogP) is 3.47. The number of hydrogen-bond donors (Lipinski definition) is 1. The minimum atomic E-state index is -0.514. The van der Waals surface area contributed by atoms with Gasteiger partial charge in [-0.15, -0.1) is 0 Å². The molecule has 0 aliphatic rings. The number of rotatable bonds is 5. The molecule has 3 nitrogen and oxygen atoms in total. The molecule has 2 rings (SSSR count). The maximum absolute atomic E-state index is 13.9. The van der Waals surface area contributed by atoms with E-state index in [4.69, 9.17) is 9.47 Å². The second-order valence-corrected chi connectivity index (χ2v) is 4.47. The zero-order chi connectivity index (χ0) is 14.5. The van der Waals surface area contributed by atoms with Crippen molar-refractivity contribution in [2.45, 2.75) is 19.6 Å². The maximum atomic E-state index is 13.9. The van der Waals surface area contributed by atoms with Gasteiger partial charge >= 0.3 is 0 Å². The van der Waals surface area contributed by atoms with Crippen molar-refractivity contribution in [3.05, 3.63) is 59.4 Å². The summed E-state index contributed by atoms with van der Waals surface area (Å²) < 4.78 is 24.4. The highest BCUT2D eigenvalue weighted by atomic mass is 19.1. The summed E-state index contributed by atoms with van der Waals surface area (Å²) in [5.74, 6) is 0.419. The lowest BCUT2D eigenvalue weighted by molar-refractivity contribution is 0.199. The number of aliphatic hydroxyl groups excluding tert-OH is 1. The highest BCUT2D eigenvalue weighted by Crippen LogP contribution is 2.22. The highest BCUT2D eigenvalue weighted by Gasteiger charge is 2.09. The van der Waals surface area contributed by atoms with E-state index in [-0.39, 0.29) is 12.4 Å². The Morgan fingerprint density at radius 2 is 1.85 bits per heavy atom. The molecule has 0 bridgehead atoms. The molecule has 0 fully saturated rings. The topological polar surface area (TPSA) is 38.7 Å². The van der Waals surface area contributed by atoms with Gasteiger partial charge in [0.25, 0.3) is 0 Å². The fourth-order valence-corrected chi connectivity index (χ4v) is 1.83. The van der Waals surface area contributed by atoms with Crippen LogP contribution in [0.2, 0.25) is 0 Å². The number of halogens is 1. The van der Waals surface area contributed by atoms with Gasteiger partial charge in [-0.2, -0.15) is 0 Å². The molecule has 0 aromatic heterocycles. The first-order valence-corrected chi connectivity index (χ1v) is 6.34. The Bertz CT molecular complexity index is 564. The van der Waals surface area contributed by atoms with Crippen LogP contribution >= 0.6 is 0 Å². The van der Waals surface area contributed by atoms with Crippen molar-refractivity contribution in [2.24, 2.45) is 0 Å². The molecule has 1 N–H and O–H groups in total. The summed E-state index contributed by atoms with van der Waals surface area (Å²) in [5, 5.41) is 9.41. The van der Waals surface area contributed by atoms with Crippen molar-refractivity contribution in [3.8, 4) is 11.5 Å². The van der Waals surface area contributed by atoms with E-state index in [2.05, 4.69) is 0 Å². The minimum absolute atomic E-state index is 0.122. The zero-order valence-electron chi connectivity index (χ0n) is 11.5. The molecular weight excluding hydrogens is 259 g/mol. The van der Waals surface area contributed by atoms with Gasteiger partial charge < -0.3 is 14.6 Å². The van der Waals surface area contributed by atoms with Crippen molar-refractivity contribution >= 4 is 0 Å². The number of methoxy groups -OCH3 is 1. The summed E-state index contributed by atoms with van der Waals surface area (Å²) in [6, 6.07) is 12.0. The van der Waals surface area contributed by atoms with Gasteiger partial charge in [0, 0.05) is 5.56 Å². The smallest absolute Gasteiger partial charge is 0.171 e. The maximum Gasteiger partial charge on any atom is 0.171 e. The molecule has 0 aliphatic carbocycles. The molecule has 0 radical (unpaired) electrons. The molecule has 0 saturated heterocycles. The number of benzene rings is 2. The second-order valence-electron chi connectivity index (χ2n) is 4.47. The van der Waals surface area contributed by atoms with E-state index in [9.17, 15) is 9.50 Å². The van der Waals surface area contributed by atoms with E-state index >= 15 is 0 Å². The fourth-order valence-electron chi connectivity index (χ4n) is 1.83. The van der Waals surface area contributed by atoms with Gasteiger partial charge in [-0.3, -0.25) is 0 Å². The Morgan fingerprint density at radius 1 is 1.15 bits per heavy atom. The lowest BCUT2D eigenvalue weighted by Gasteiger charge is -2.10. The van der Waals surface area contributed by atoms with E-state index in [0.717, 1.165) is 5.56 Å². The average molecular weight is 276 g/mol. The highest BCUT2D eigenvalue weighted by molar-refractivity contribution is 5.32. The molecule has 4 heteroatoms. The van der Waals surface area contributed by atoms with Crippen molar-refractivity contribution in [2.75, 3.05) is 7.11 Å². The molecule has 1 unspecified atom stereocenters. The van der Waals surface area contributed by atoms with Crippen LogP contribution in [0.5, 0.6) is 11.5 Å². The quantitative estimate of drug-likeness (QED) is 0.908. The van der Waals surface area contributed by atoms with Crippen LogP contribution in [0.1, 0.15) is 24.2 Å². The zero-order valence-corrected chi connectivity index (χ0v) is 11.5. The molecule has 0 spiro atoms. The fraction of sp³-hybridized carbons (Fsp3) is 0.250. The van der Waals surface area contributed by atoms with Crippen LogP contribution in [0.25, 0.3) is 0 Å². The monoisotopic (exact) mass is 276 g/mol. The Balaban J connectivity index is 2.05. The largest absolute Gasteiger partial charge is 0.494 e. The van der Waals surface area contributed by atoms with Gasteiger partial charge in [0.2, 0.25) is 0 Å². The molecule has 2 aromatic carbocycles. The van der Waals surface area contributed by atoms with Gasteiger partial charge in [0.15, 0.2) is 11.6 Å².